The van der Waals surface area contributed by atoms with Gasteiger partial charge in [0.2, 0.25) is 11.8 Å². The van der Waals surface area contributed by atoms with Crippen LogP contribution in [0.4, 0.5) is 0 Å². The van der Waals surface area contributed by atoms with Crippen LogP contribution in [0, 0.1) is 11.8 Å². The average molecular weight is 407 g/mol. The molecule has 0 N–H and O–H groups in total. The molecule has 0 aromatic heterocycles. The van der Waals surface area contributed by atoms with E-state index in [1.54, 1.807) is 4.90 Å². The monoisotopic (exact) mass is 406 g/mol. The number of unbranched alkanes of at least 4 members (excludes halogenated alkanes) is 9. The molecule has 168 valence electrons. The molecule has 4 nitrogen and oxygen atoms in total. The van der Waals surface area contributed by atoms with E-state index in [0.29, 0.717) is 18.4 Å². The van der Waals surface area contributed by atoms with Crippen LogP contribution in [0.3, 0.4) is 0 Å². The minimum absolute atomic E-state index is 0.0475. The van der Waals surface area contributed by atoms with E-state index in [4.69, 9.17) is 0 Å². The summed E-state index contributed by atoms with van der Waals surface area (Å²) in [5, 5.41) is 0. The van der Waals surface area contributed by atoms with E-state index in [-0.39, 0.29) is 23.8 Å². The Morgan fingerprint density at radius 1 is 0.931 bits per heavy atom. The van der Waals surface area contributed by atoms with E-state index in [0.717, 1.165) is 32.2 Å². The Bertz CT molecular complexity index is 505. The first-order valence-corrected chi connectivity index (χ1v) is 12.5. The molecule has 0 aromatic carbocycles. The fourth-order valence-electron chi connectivity index (χ4n) is 5.31. The Morgan fingerprint density at radius 3 is 2.10 bits per heavy atom. The summed E-state index contributed by atoms with van der Waals surface area (Å²) in [5.41, 5.74) is 0. The summed E-state index contributed by atoms with van der Waals surface area (Å²) in [6.45, 7) is 7.72. The molecule has 4 heteroatoms. The van der Waals surface area contributed by atoms with Crippen LogP contribution in [0.1, 0.15) is 111 Å². The lowest BCUT2D eigenvalue weighted by atomic mass is 9.89. The second-order valence-electron chi connectivity index (χ2n) is 9.94. The van der Waals surface area contributed by atoms with Crippen molar-refractivity contribution in [1.29, 1.82) is 0 Å². The number of carbonyl (C=O) groups excluding carboxylic acids is 2. The van der Waals surface area contributed by atoms with E-state index in [2.05, 4.69) is 32.7 Å². The van der Waals surface area contributed by atoms with Crippen molar-refractivity contribution in [3.8, 4) is 0 Å². The highest BCUT2D eigenvalue weighted by molar-refractivity contribution is 6.03. The van der Waals surface area contributed by atoms with Crippen molar-refractivity contribution >= 4 is 11.8 Å². The number of hydrogen-bond donors (Lipinski definition) is 0. The Balaban J connectivity index is 1.66. The summed E-state index contributed by atoms with van der Waals surface area (Å²) in [6.07, 6.45) is 16.3. The highest BCUT2D eigenvalue weighted by atomic mass is 16.2. The van der Waals surface area contributed by atoms with Gasteiger partial charge in [-0.2, -0.15) is 0 Å². The molecule has 0 spiro atoms. The normalized spacial score (nSPS) is 26.1. The van der Waals surface area contributed by atoms with Gasteiger partial charge in [-0.25, -0.2) is 0 Å². The van der Waals surface area contributed by atoms with Crippen LogP contribution < -0.4 is 0 Å². The lowest BCUT2D eigenvalue weighted by Crippen LogP contribution is -2.52. The van der Waals surface area contributed by atoms with E-state index in [1.165, 1.54) is 57.8 Å². The Hall–Kier alpha value is -0.900. The molecule has 2 fully saturated rings. The first-order valence-electron chi connectivity index (χ1n) is 12.5. The van der Waals surface area contributed by atoms with Gasteiger partial charge in [-0.1, -0.05) is 85.0 Å². The van der Waals surface area contributed by atoms with E-state index >= 15 is 0 Å². The minimum atomic E-state index is -0.0475. The highest BCUT2D eigenvalue weighted by Crippen LogP contribution is 2.32. The molecule has 0 bridgehead atoms. The van der Waals surface area contributed by atoms with Crippen molar-refractivity contribution in [3.05, 3.63) is 0 Å². The van der Waals surface area contributed by atoms with Gasteiger partial charge in [0.15, 0.2) is 0 Å². The van der Waals surface area contributed by atoms with Gasteiger partial charge in [0.1, 0.15) is 0 Å². The van der Waals surface area contributed by atoms with Crippen LogP contribution in [-0.2, 0) is 9.59 Å². The fraction of sp³-hybridized carbons (Fsp3) is 0.920. The topological polar surface area (TPSA) is 40.6 Å². The zero-order valence-electron chi connectivity index (χ0n) is 19.6. The molecule has 2 amide bonds. The second-order valence-corrected chi connectivity index (χ2v) is 9.94. The van der Waals surface area contributed by atoms with Gasteiger partial charge in [-0.05, 0) is 32.2 Å². The standard InChI is InChI=1S/C25H46N2O2/c1-5-6-7-8-9-10-11-12-13-14-15-21-18-24(28)27(25(21)29)22-16-17-26(4)23(19-22)20(2)3/h20-23H,5-19H2,1-4H3/t21?,22?,23-/m1/s1. The smallest absolute Gasteiger partial charge is 0.233 e. The van der Waals surface area contributed by atoms with Crippen molar-refractivity contribution in [2.24, 2.45) is 11.8 Å². The molecule has 2 aliphatic heterocycles. The summed E-state index contributed by atoms with van der Waals surface area (Å²) in [6, 6.07) is 0.590. The molecule has 0 radical (unpaired) electrons. The molecular formula is C25H46N2O2. The Morgan fingerprint density at radius 2 is 1.52 bits per heavy atom. The van der Waals surface area contributed by atoms with Gasteiger partial charge in [-0.3, -0.25) is 14.5 Å². The van der Waals surface area contributed by atoms with Crippen molar-refractivity contribution < 1.29 is 9.59 Å². The van der Waals surface area contributed by atoms with Crippen LogP contribution in [0.25, 0.3) is 0 Å². The van der Waals surface area contributed by atoms with E-state index in [1.807, 2.05) is 0 Å². The summed E-state index contributed by atoms with van der Waals surface area (Å²) in [5.74, 6) is 0.721. The first kappa shape index (κ1) is 24.4. The predicted molar refractivity (Wildman–Crippen MR) is 121 cm³/mol. The third kappa shape index (κ3) is 7.38. The maximum absolute atomic E-state index is 13.0. The molecule has 2 aliphatic rings. The van der Waals surface area contributed by atoms with E-state index < -0.39 is 0 Å². The maximum Gasteiger partial charge on any atom is 0.233 e. The predicted octanol–water partition coefficient (Wildman–Crippen LogP) is 5.79. The highest BCUT2D eigenvalue weighted by Gasteiger charge is 2.44. The van der Waals surface area contributed by atoms with Crippen LogP contribution in [0.15, 0.2) is 0 Å². The Kier molecular flexibility index (Phi) is 10.7. The van der Waals surface area contributed by atoms with Crippen molar-refractivity contribution in [2.45, 2.75) is 123 Å². The molecule has 2 unspecified atom stereocenters. The molecule has 2 heterocycles. The largest absolute Gasteiger partial charge is 0.303 e. The molecule has 2 saturated heterocycles. The Labute approximate surface area is 179 Å². The number of piperidine rings is 1. The van der Waals surface area contributed by atoms with Crippen molar-refractivity contribution in [3.63, 3.8) is 0 Å². The van der Waals surface area contributed by atoms with Crippen molar-refractivity contribution in [1.82, 2.24) is 9.80 Å². The zero-order chi connectivity index (χ0) is 21.2. The molecule has 2 rings (SSSR count). The number of carbonyl (C=O) groups is 2. The quantitative estimate of drug-likeness (QED) is 0.287. The number of rotatable bonds is 13. The minimum Gasteiger partial charge on any atom is -0.303 e. The number of likely N-dealkylation sites (tertiary alicyclic amines) is 2. The third-order valence-electron chi connectivity index (χ3n) is 7.21. The van der Waals surface area contributed by atoms with Crippen LogP contribution >= 0.6 is 0 Å². The SMILES string of the molecule is CCCCCCCCCCCCC1CC(=O)N(C2CCN(C)[C@@H](C(C)C)C2)C1=O. The molecule has 0 aromatic rings. The molecule has 3 atom stereocenters. The van der Waals surface area contributed by atoms with Gasteiger partial charge >= 0.3 is 0 Å². The maximum atomic E-state index is 13.0. The summed E-state index contributed by atoms with van der Waals surface area (Å²) in [7, 11) is 2.17. The second kappa shape index (κ2) is 12.7. The average Bonchev–Trinajstić information content (AvgIpc) is 2.97. The van der Waals surface area contributed by atoms with Crippen LogP contribution in [0.2, 0.25) is 0 Å². The lowest BCUT2D eigenvalue weighted by Gasteiger charge is -2.42. The zero-order valence-corrected chi connectivity index (χ0v) is 19.6. The van der Waals surface area contributed by atoms with Gasteiger partial charge in [0, 0.05) is 31.0 Å². The molecule has 29 heavy (non-hydrogen) atoms. The number of amides is 2. The van der Waals surface area contributed by atoms with Gasteiger partial charge in [0.25, 0.3) is 0 Å². The summed E-state index contributed by atoms with van der Waals surface area (Å²) >= 11 is 0. The van der Waals surface area contributed by atoms with E-state index in [9.17, 15) is 9.59 Å². The van der Waals surface area contributed by atoms with Crippen LogP contribution in [-0.4, -0.2) is 47.3 Å². The van der Waals surface area contributed by atoms with Gasteiger partial charge in [0.05, 0.1) is 0 Å². The van der Waals surface area contributed by atoms with Gasteiger partial charge < -0.3 is 4.90 Å². The van der Waals surface area contributed by atoms with Crippen molar-refractivity contribution in [2.75, 3.05) is 13.6 Å². The summed E-state index contributed by atoms with van der Waals surface area (Å²) < 4.78 is 0. The summed E-state index contributed by atoms with van der Waals surface area (Å²) in [4.78, 5) is 29.6. The number of imide groups is 1. The molecule has 0 aliphatic carbocycles. The van der Waals surface area contributed by atoms with Crippen LogP contribution in [0.5, 0.6) is 0 Å². The molecule has 0 saturated carbocycles. The number of hydrogen-bond acceptors (Lipinski definition) is 3. The fourth-order valence-corrected chi connectivity index (χ4v) is 5.31. The third-order valence-corrected chi connectivity index (χ3v) is 7.21. The molecular weight excluding hydrogens is 360 g/mol. The lowest BCUT2D eigenvalue weighted by molar-refractivity contribution is -0.143. The first-order chi connectivity index (χ1) is 14.0. The van der Waals surface area contributed by atoms with Gasteiger partial charge in [-0.15, -0.1) is 0 Å². The number of nitrogens with zero attached hydrogens (tertiary/aromatic N) is 2.